The monoisotopic (exact) mass is 178 g/mol. The van der Waals surface area contributed by atoms with Gasteiger partial charge in [0.05, 0.1) is 5.69 Å². The lowest BCUT2D eigenvalue weighted by atomic mass is 10.3. The number of H-pyrrole nitrogens is 1. The first kappa shape index (κ1) is 9.09. The Balaban J connectivity index is 3.05. The van der Waals surface area contributed by atoms with E-state index in [1.54, 1.807) is 13.8 Å². The molecule has 0 saturated carbocycles. The summed E-state index contributed by atoms with van der Waals surface area (Å²) in [6.45, 7) is 3.35. The van der Waals surface area contributed by atoms with E-state index >= 15 is 0 Å². The predicted molar refractivity (Wildman–Crippen MR) is 37.7 cm³/mol. The molecule has 0 atom stereocenters. The third kappa shape index (κ3) is 1.60. The van der Waals surface area contributed by atoms with Gasteiger partial charge in [-0.2, -0.15) is 13.2 Å². The number of rotatable bonds is 1. The highest BCUT2D eigenvalue weighted by atomic mass is 19.4. The van der Waals surface area contributed by atoms with Gasteiger partial charge in [0, 0.05) is 5.69 Å². The fourth-order valence-electron chi connectivity index (χ4n) is 0.975. The summed E-state index contributed by atoms with van der Waals surface area (Å²) >= 11 is 0. The first-order chi connectivity index (χ1) is 5.45. The van der Waals surface area contributed by atoms with Crippen LogP contribution >= 0.6 is 0 Å². The van der Waals surface area contributed by atoms with Crippen LogP contribution in [0.1, 0.15) is 24.1 Å². The summed E-state index contributed by atoms with van der Waals surface area (Å²) in [5.74, 6) is -0.906. The molecule has 1 heterocycles. The number of hydrogen-bond acceptors (Lipinski definition) is 1. The molecule has 1 rings (SSSR count). The number of alkyl halides is 3. The first-order valence-corrected chi connectivity index (χ1v) is 3.57. The minimum Gasteiger partial charge on any atom is -0.338 e. The van der Waals surface area contributed by atoms with Crippen molar-refractivity contribution in [2.45, 2.75) is 26.4 Å². The Labute approximate surface area is 67.8 Å². The van der Waals surface area contributed by atoms with Crippen molar-refractivity contribution < 1.29 is 13.2 Å². The lowest BCUT2D eigenvalue weighted by Gasteiger charge is -1.99. The van der Waals surface area contributed by atoms with Crippen LogP contribution in [0.15, 0.2) is 0 Å². The maximum Gasteiger partial charge on any atom is 0.449 e. The molecule has 12 heavy (non-hydrogen) atoms. The van der Waals surface area contributed by atoms with Crippen molar-refractivity contribution in [2.24, 2.45) is 0 Å². The van der Waals surface area contributed by atoms with Crippen molar-refractivity contribution >= 4 is 0 Å². The fraction of sp³-hybridized carbons (Fsp3) is 0.571. The molecule has 0 bridgehead atoms. The number of nitrogens with one attached hydrogen (secondary N) is 1. The lowest BCUT2D eigenvalue weighted by molar-refractivity contribution is -0.144. The van der Waals surface area contributed by atoms with Gasteiger partial charge >= 0.3 is 6.18 Å². The van der Waals surface area contributed by atoms with Gasteiger partial charge in [0.25, 0.3) is 0 Å². The van der Waals surface area contributed by atoms with Gasteiger partial charge in [0.15, 0.2) is 0 Å². The highest BCUT2D eigenvalue weighted by Crippen LogP contribution is 2.27. The predicted octanol–water partition coefficient (Wildman–Crippen LogP) is 2.30. The summed E-state index contributed by atoms with van der Waals surface area (Å²) in [4.78, 5) is 5.62. The van der Waals surface area contributed by atoms with Gasteiger partial charge in [-0.3, -0.25) is 0 Å². The molecule has 5 heteroatoms. The summed E-state index contributed by atoms with van der Waals surface area (Å²) < 4.78 is 36.1. The van der Waals surface area contributed by atoms with Crippen molar-refractivity contribution in [2.75, 3.05) is 0 Å². The van der Waals surface area contributed by atoms with E-state index in [0.717, 1.165) is 0 Å². The van der Waals surface area contributed by atoms with E-state index in [2.05, 4.69) is 9.97 Å². The van der Waals surface area contributed by atoms with Crippen LogP contribution in [0.4, 0.5) is 13.2 Å². The second kappa shape index (κ2) is 2.80. The van der Waals surface area contributed by atoms with Crippen molar-refractivity contribution in [3.05, 3.63) is 17.2 Å². The molecule has 0 fully saturated rings. The Hall–Kier alpha value is -1.00. The molecule has 0 amide bonds. The van der Waals surface area contributed by atoms with Crippen molar-refractivity contribution in [1.29, 1.82) is 0 Å². The Morgan fingerprint density at radius 3 is 2.25 bits per heavy atom. The fourth-order valence-corrected chi connectivity index (χ4v) is 0.975. The topological polar surface area (TPSA) is 28.7 Å². The van der Waals surface area contributed by atoms with Gasteiger partial charge in [-0.25, -0.2) is 4.98 Å². The number of aromatic nitrogens is 2. The molecule has 0 aliphatic heterocycles. The van der Waals surface area contributed by atoms with Crippen LogP contribution in [0.25, 0.3) is 0 Å². The molecule has 1 aromatic rings. The zero-order valence-corrected chi connectivity index (χ0v) is 6.79. The van der Waals surface area contributed by atoms with E-state index in [1.165, 1.54) is 0 Å². The highest BCUT2D eigenvalue weighted by molar-refractivity contribution is 5.14. The van der Waals surface area contributed by atoms with E-state index < -0.39 is 12.0 Å². The third-order valence-electron chi connectivity index (χ3n) is 1.59. The van der Waals surface area contributed by atoms with Crippen LogP contribution in [0, 0.1) is 6.92 Å². The van der Waals surface area contributed by atoms with E-state index in [1.807, 2.05) is 0 Å². The zero-order chi connectivity index (χ0) is 9.35. The van der Waals surface area contributed by atoms with Crippen LogP contribution < -0.4 is 0 Å². The second-order valence-electron chi connectivity index (χ2n) is 2.51. The van der Waals surface area contributed by atoms with Crippen molar-refractivity contribution in [3.63, 3.8) is 0 Å². The molecule has 1 aromatic heterocycles. The van der Waals surface area contributed by atoms with Gasteiger partial charge < -0.3 is 4.98 Å². The molecule has 0 aromatic carbocycles. The number of aromatic amines is 1. The molecule has 0 saturated heterocycles. The van der Waals surface area contributed by atoms with Gasteiger partial charge in [0.1, 0.15) is 0 Å². The van der Waals surface area contributed by atoms with Gasteiger partial charge in [-0.05, 0) is 13.3 Å². The summed E-state index contributed by atoms with van der Waals surface area (Å²) in [5, 5.41) is 0. The number of halogens is 3. The molecule has 0 unspecified atom stereocenters. The smallest absolute Gasteiger partial charge is 0.338 e. The number of aryl methyl sites for hydroxylation is 2. The summed E-state index contributed by atoms with van der Waals surface area (Å²) in [6.07, 6.45) is -3.85. The quantitative estimate of drug-likeness (QED) is 0.702. The Morgan fingerprint density at radius 1 is 1.42 bits per heavy atom. The van der Waals surface area contributed by atoms with Crippen LogP contribution in [-0.4, -0.2) is 9.97 Å². The van der Waals surface area contributed by atoms with Gasteiger partial charge in [-0.1, -0.05) is 6.92 Å². The number of hydrogen-bond donors (Lipinski definition) is 1. The zero-order valence-electron chi connectivity index (χ0n) is 6.79. The molecule has 0 aliphatic rings. The first-order valence-electron chi connectivity index (χ1n) is 3.57. The largest absolute Gasteiger partial charge is 0.449 e. The molecule has 2 nitrogen and oxygen atoms in total. The summed E-state index contributed by atoms with van der Waals surface area (Å²) in [6, 6.07) is 0. The third-order valence-corrected chi connectivity index (χ3v) is 1.59. The molecule has 68 valence electrons. The average molecular weight is 178 g/mol. The van der Waals surface area contributed by atoms with E-state index in [9.17, 15) is 13.2 Å². The molecule has 0 aliphatic carbocycles. The van der Waals surface area contributed by atoms with E-state index in [4.69, 9.17) is 0 Å². The summed E-state index contributed by atoms with van der Waals surface area (Å²) in [7, 11) is 0. The average Bonchev–Trinajstić information content (AvgIpc) is 2.29. The standard InChI is InChI=1S/C7H9F3N2/c1-3-5-4(2)11-6(12-5)7(8,9)10/h3H2,1-2H3,(H,11,12). The van der Waals surface area contributed by atoms with Crippen LogP contribution in [-0.2, 0) is 12.6 Å². The lowest BCUT2D eigenvalue weighted by Crippen LogP contribution is -2.07. The van der Waals surface area contributed by atoms with E-state index in [0.29, 0.717) is 17.8 Å². The second-order valence-corrected chi connectivity index (χ2v) is 2.51. The van der Waals surface area contributed by atoms with Crippen LogP contribution in [0.3, 0.4) is 0 Å². The van der Waals surface area contributed by atoms with Gasteiger partial charge in [-0.15, -0.1) is 0 Å². The molecular weight excluding hydrogens is 169 g/mol. The van der Waals surface area contributed by atoms with Crippen LogP contribution in [0.5, 0.6) is 0 Å². The van der Waals surface area contributed by atoms with Crippen molar-refractivity contribution in [1.82, 2.24) is 9.97 Å². The molecule has 0 spiro atoms. The maximum atomic E-state index is 12.0. The normalized spacial score (nSPS) is 12.1. The number of imidazole rings is 1. The molecular formula is C7H9F3N2. The minimum absolute atomic E-state index is 0.474. The molecule has 0 radical (unpaired) electrons. The Kier molecular flexibility index (Phi) is 2.12. The Morgan fingerprint density at radius 2 is 2.00 bits per heavy atom. The van der Waals surface area contributed by atoms with E-state index in [-0.39, 0.29) is 0 Å². The van der Waals surface area contributed by atoms with Crippen molar-refractivity contribution in [3.8, 4) is 0 Å². The van der Waals surface area contributed by atoms with Crippen LogP contribution in [0.2, 0.25) is 0 Å². The SMILES string of the molecule is CCc1nc(C(F)(F)F)[nH]c1C. The molecule has 1 N–H and O–H groups in total. The number of nitrogens with zero attached hydrogens (tertiary/aromatic N) is 1. The minimum atomic E-state index is -4.36. The van der Waals surface area contributed by atoms with Gasteiger partial charge in [0.2, 0.25) is 5.82 Å². The highest BCUT2D eigenvalue weighted by Gasteiger charge is 2.34. The summed E-state index contributed by atoms with van der Waals surface area (Å²) in [5.41, 5.74) is 0.965. The Bertz CT molecular complexity index is 275. The maximum absolute atomic E-state index is 12.0.